The van der Waals surface area contributed by atoms with E-state index in [-0.39, 0.29) is 18.0 Å². The number of carbonyl (C=O) groups is 1. The second kappa shape index (κ2) is 6.48. The van der Waals surface area contributed by atoms with Crippen molar-refractivity contribution in [2.75, 3.05) is 19.6 Å². The van der Waals surface area contributed by atoms with Gasteiger partial charge in [-0.2, -0.15) is 0 Å². The molecule has 2 saturated carbocycles. The average Bonchev–Trinajstić information content (AvgIpc) is 2.72. The summed E-state index contributed by atoms with van der Waals surface area (Å²) in [5, 5.41) is 0. The summed E-state index contributed by atoms with van der Waals surface area (Å²) >= 11 is 0. The molecule has 0 aromatic heterocycles. The van der Waals surface area contributed by atoms with Gasteiger partial charge in [0.1, 0.15) is 6.10 Å². The summed E-state index contributed by atoms with van der Waals surface area (Å²) in [7, 11) is 0. The van der Waals surface area contributed by atoms with Crippen molar-refractivity contribution in [3.63, 3.8) is 0 Å². The maximum atomic E-state index is 12.6. The number of carbonyl (C=O) groups excluding carboxylic acids is 1. The molecule has 3 heteroatoms. The summed E-state index contributed by atoms with van der Waals surface area (Å²) in [6, 6.07) is 0. The number of allylic oxidation sites excluding steroid dienone is 1. The zero-order chi connectivity index (χ0) is 16.7. The molecule has 0 aromatic rings. The predicted molar refractivity (Wildman–Crippen MR) is 95.6 cm³/mol. The number of nitrogens with zero attached hydrogens (tertiary/aromatic N) is 1. The van der Waals surface area contributed by atoms with Gasteiger partial charge >= 0.3 is 5.97 Å². The predicted octanol–water partition coefficient (Wildman–Crippen LogP) is 4.18. The Morgan fingerprint density at radius 1 is 1.21 bits per heavy atom. The maximum Gasteiger partial charge on any atom is 0.310 e. The molecule has 4 rings (SSSR count). The van der Waals surface area contributed by atoms with Crippen LogP contribution in [-0.4, -0.2) is 36.6 Å². The molecule has 3 nitrogen and oxygen atoms in total. The smallest absolute Gasteiger partial charge is 0.310 e. The second-order valence-corrected chi connectivity index (χ2v) is 9.12. The first kappa shape index (κ1) is 16.6. The quantitative estimate of drug-likeness (QED) is 0.562. The lowest BCUT2D eigenvalue weighted by Gasteiger charge is -2.50. The van der Waals surface area contributed by atoms with Crippen molar-refractivity contribution in [3.05, 3.63) is 12.2 Å². The van der Waals surface area contributed by atoms with Crippen LogP contribution in [0.2, 0.25) is 0 Å². The van der Waals surface area contributed by atoms with Gasteiger partial charge in [0.15, 0.2) is 0 Å². The van der Waals surface area contributed by atoms with E-state index in [1.165, 1.54) is 50.5 Å². The summed E-state index contributed by atoms with van der Waals surface area (Å²) < 4.78 is 5.90. The Kier molecular flexibility index (Phi) is 4.49. The van der Waals surface area contributed by atoms with E-state index < -0.39 is 0 Å². The SMILES string of the molecule is C=C1CCC[C@]2(C)C[C@H]3OC(=O)[C@H](CN4CCCCCC4)[C@H]3C[C@@H]12. The fourth-order valence-electron chi connectivity index (χ4n) is 6.06. The molecule has 134 valence electrons. The minimum absolute atomic E-state index is 0.0853. The van der Waals surface area contributed by atoms with E-state index in [4.69, 9.17) is 4.74 Å². The van der Waals surface area contributed by atoms with Crippen molar-refractivity contribution in [3.8, 4) is 0 Å². The van der Waals surface area contributed by atoms with Crippen molar-refractivity contribution in [1.82, 2.24) is 4.90 Å². The Labute approximate surface area is 146 Å². The first-order valence-electron chi connectivity index (χ1n) is 10.2. The van der Waals surface area contributed by atoms with E-state index in [9.17, 15) is 4.79 Å². The van der Waals surface area contributed by atoms with E-state index in [1.54, 1.807) is 0 Å². The maximum absolute atomic E-state index is 12.6. The van der Waals surface area contributed by atoms with E-state index >= 15 is 0 Å². The molecule has 0 aromatic carbocycles. The molecule has 0 spiro atoms. The lowest BCUT2D eigenvalue weighted by Crippen LogP contribution is -2.45. The number of hydrogen-bond donors (Lipinski definition) is 0. The van der Waals surface area contributed by atoms with Crippen LogP contribution in [0.4, 0.5) is 0 Å². The number of ether oxygens (including phenoxy) is 1. The largest absolute Gasteiger partial charge is 0.462 e. The molecular formula is C21H33NO2. The van der Waals surface area contributed by atoms with Gasteiger partial charge in [0.2, 0.25) is 0 Å². The number of fused-ring (bicyclic) bond motifs is 2. The number of rotatable bonds is 2. The summed E-state index contributed by atoms with van der Waals surface area (Å²) in [6.07, 6.45) is 11.3. The molecule has 2 saturated heterocycles. The normalized spacial score (nSPS) is 43.7. The van der Waals surface area contributed by atoms with Crippen LogP contribution >= 0.6 is 0 Å². The molecule has 0 unspecified atom stereocenters. The average molecular weight is 332 g/mol. The van der Waals surface area contributed by atoms with Crippen LogP contribution in [0.3, 0.4) is 0 Å². The fourth-order valence-corrected chi connectivity index (χ4v) is 6.06. The van der Waals surface area contributed by atoms with Gasteiger partial charge in [-0.25, -0.2) is 0 Å². The first-order chi connectivity index (χ1) is 11.6. The van der Waals surface area contributed by atoms with Crippen molar-refractivity contribution in [2.45, 2.75) is 70.8 Å². The molecule has 4 fully saturated rings. The molecule has 0 bridgehead atoms. The summed E-state index contributed by atoms with van der Waals surface area (Å²) in [5.74, 6) is 1.22. The van der Waals surface area contributed by atoms with E-state index in [2.05, 4.69) is 18.4 Å². The molecule has 4 aliphatic rings. The van der Waals surface area contributed by atoms with Crippen LogP contribution in [0, 0.1) is 23.2 Å². The van der Waals surface area contributed by atoms with Crippen LogP contribution in [0.1, 0.15) is 64.7 Å². The highest BCUT2D eigenvalue weighted by molar-refractivity contribution is 5.75. The van der Waals surface area contributed by atoms with Gasteiger partial charge in [-0.15, -0.1) is 0 Å². The molecule has 0 N–H and O–H groups in total. The van der Waals surface area contributed by atoms with Crippen molar-refractivity contribution in [2.24, 2.45) is 23.2 Å². The lowest BCUT2D eigenvalue weighted by molar-refractivity contribution is -0.146. The number of esters is 1. The van der Waals surface area contributed by atoms with Crippen LogP contribution < -0.4 is 0 Å². The highest BCUT2D eigenvalue weighted by atomic mass is 16.6. The Morgan fingerprint density at radius 2 is 1.96 bits per heavy atom. The minimum atomic E-state index is 0.0853. The highest BCUT2D eigenvalue weighted by Crippen LogP contribution is 2.56. The fraction of sp³-hybridized carbons (Fsp3) is 0.857. The Balaban J connectivity index is 1.49. The molecule has 0 radical (unpaired) electrons. The third-order valence-electron chi connectivity index (χ3n) is 7.47. The Hall–Kier alpha value is -0.830. The lowest BCUT2D eigenvalue weighted by atomic mass is 9.55. The molecule has 5 atom stereocenters. The summed E-state index contributed by atoms with van der Waals surface area (Å²) in [5.41, 5.74) is 1.75. The Morgan fingerprint density at radius 3 is 2.71 bits per heavy atom. The van der Waals surface area contributed by atoms with E-state index in [0.717, 1.165) is 32.5 Å². The summed E-state index contributed by atoms with van der Waals surface area (Å²) in [6.45, 7) is 10.1. The zero-order valence-electron chi connectivity index (χ0n) is 15.3. The van der Waals surface area contributed by atoms with E-state index in [1.807, 2.05) is 0 Å². The van der Waals surface area contributed by atoms with Crippen LogP contribution in [0.25, 0.3) is 0 Å². The van der Waals surface area contributed by atoms with E-state index in [0.29, 0.717) is 17.3 Å². The zero-order valence-corrected chi connectivity index (χ0v) is 15.3. The van der Waals surface area contributed by atoms with Crippen molar-refractivity contribution < 1.29 is 9.53 Å². The third-order valence-corrected chi connectivity index (χ3v) is 7.47. The van der Waals surface area contributed by atoms with Crippen LogP contribution in [0.15, 0.2) is 12.2 Å². The monoisotopic (exact) mass is 331 g/mol. The van der Waals surface area contributed by atoms with Gasteiger partial charge in [-0.3, -0.25) is 4.79 Å². The van der Waals surface area contributed by atoms with Gasteiger partial charge < -0.3 is 9.64 Å². The third kappa shape index (κ3) is 2.94. The summed E-state index contributed by atoms with van der Waals surface area (Å²) in [4.78, 5) is 15.2. The van der Waals surface area contributed by atoms with Gasteiger partial charge in [0, 0.05) is 12.5 Å². The molecule has 2 heterocycles. The second-order valence-electron chi connectivity index (χ2n) is 9.12. The Bertz CT molecular complexity index is 508. The molecule has 2 aliphatic heterocycles. The van der Waals surface area contributed by atoms with Crippen LogP contribution in [-0.2, 0) is 9.53 Å². The topological polar surface area (TPSA) is 29.5 Å². The molecular weight excluding hydrogens is 298 g/mol. The van der Waals surface area contributed by atoms with Crippen LogP contribution in [0.5, 0.6) is 0 Å². The molecule has 0 amide bonds. The number of hydrogen-bond acceptors (Lipinski definition) is 3. The minimum Gasteiger partial charge on any atom is -0.462 e. The van der Waals surface area contributed by atoms with Gasteiger partial charge in [-0.1, -0.05) is 31.9 Å². The van der Waals surface area contributed by atoms with Gasteiger partial charge in [0.25, 0.3) is 0 Å². The van der Waals surface area contributed by atoms with Gasteiger partial charge in [-0.05, 0) is 69.4 Å². The highest BCUT2D eigenvalue weighted by Gasteiger charge is 2.55. The molecule has 2 aliphatic carbocycles. The van der Waals surface area contributed by atoms with Gasteiger partial charge in [0.05, 0.1) is 5.92 Å². The standard InChI is InChI=1S/C21H33NO2/c1-15-8-7-9-21(2)13-19-16(12-18(15)21)17(20(23)24-19)14-22-10-5-3-4-6-11-22/h16-19H,1,3-14H2,2H3/t16-,17-,18+,19-,21-/m1/s1. The number of likely N-dealkylation sites (tertiary alicyclic amines) is 1. The van der Waals surface area contributed by atoms with Crippen molar-refractivity contribution >= 4 is 5.97 Å². The van der Waals surface area contributed by atoms with Crippen molar-refractivity contribution in [1.29, 1.82) is 0 Å². The molecule has 24 heavy (non-hydrogen) atoms. The first-order valence-corrected chi connectivity index (χ1v) is 10.2.